The number of amides is 1. The van der Waals surface area contributed by atoms with Gasteiger partial charge < -0.3 is 10.2 Å². The third-order valence-corrected chi connectivity index (χ3v) is 4.41. The average molecular weight is 274 g/mol. The van der Waals surface area contributed by atoms with Crippen molar-refractivity contribution >= 4 is 11.6 Å². The topological polar surface area (TPSA) is 32.3 Å². The number of nitrogens with zero attached hydrogens (tertiary/aromatic N) is 1. The van der Waals surface area contributed by atoms with Crippen molar-refractivity contribution in [2.24, 2.45) is 5.41 Å². The van der Waals surface area contributed by atoms with Gasteiger partial charge in [0.1, 0.15) is 0 Å². The van der Waals surface area contributed by atoms with Crippen LogP contribution in [0.3, 0.4) is 0 Å². The third-order valence-electron chi connectivity index (χ3n) is 4.41. The lowest BCUT2D eigenvalue weighted by molar-refractivity contribution is -0.122. The second-order valence-electron chi connectivity index (χ2n) is 7.27. The summed E-state index contributed by atoms with van der Waals surface area (Å²) < 4.78 is 0. The van der Waals surface area contributed by atoms with Crippen LogP contribution in [0.1, 0.15) is 40.2 Å². The molecule has 0 fully saturated rings. The van der Waals surface area contributed by atoms with Gasteiger partial charge >= 0.3 is 0 Å². The Kier molecular flexibility index (Phi) is 3.67. The molecular formula is C17H26N2O. The first-order chi connectivity index (χ1) is 9.19. The van der Waals surface area contributed by atoms with Crippen molar-refractivity contribution in [2.45, 2.75) is 46.1 Å². The van der Waals surface area contributed by atoms with Crippen LogP contribution in [0.2, 0.25) is 0 Å². The number of carbonyl (C=O) groups excluding carboxylic acids is 1. The van der Waals surface area contributed by atoms with E-state index in [1.54, 1.807) is 0 Å². The molecule has 0 radical (unpaired) electrons. The molecule has 0 bridgehead atoms. The number of likely N-dealkylation sites (N-methyl/N-ethyl adjacent to an activating group) is 1. The lowest BCUT2D eigenvalue weighted by atomic mass is 9.85. The Labute approximate surface area is 122 Å². The molecule has 1 aliphatic heterocycles. The second kappa shape index (κ2) is 4.88. The Bertz CT molecular complexity index is 514. The van der Waals surface area contributed by atoms with E-state index in [1.807, 2.05) is 37.9 Å². The molecule has 2 rings (SSSR count). The van der Waals surface area contributed by atoms with Gasteiger partial charge in [0.15, 0.2) is 0 Å². The summed E-state index contributed by atoms with van der Waals surface area (Å²) >= 11 is 0. The lowest BCUT2D eigenvalue weighted by Crippen LogP contribution is -2.49. The molecule has 110 valence electrons. The number of nitrogens with one attached hydrogen (secondary N) is 1. The van der Waals surface area contributed by atoms with E-state index >= 15 is 0 Å². The molecule has 0 saturated heterocycles. The monoisotopic (exact) mass is 274 g/mol. The van der Waals surface area contributed by atoms with Crippen molar-refractivity contribution < 1.29 is 4.79 Å². The summed E-state index contributed by atoms with van der Waals surface area (Å²) in [7, 11) is 1.97. The summed E-state index contributed by atoms with van der Waals surface area (Å²) in [6, 6.07) is 8.40. The fourth-order valence-electron chi connectivity index (χ4n) is 2.96. The van der Waals surface area contributed by atoms with Gasteiger partial charge in [-0.05, 0) is 37.9 Å². The molecule has 1 amide bonds. The summed E-state index contributed by atoms with van der Waals surface area (Å²) in [5.41, 5.74) is 1.88. The van der Waals surface area contributed by atoms with Crippen LogP contribution in [-0.2, 0) is 10.2 Å². The van der Waals surface area contributed by atoms with E-state index in [2.05, 4.69) is 38.2 Å². The Morgan fingerprint density at radius 1 is 1.25 bits per heavy atom. The summed E-state index contributed by atoms with van der Waals surface area (Å²) in [5.74, 6) is 0.197. The highest BCUT2D eigenvalue weighted by Gasteiger charge is 2.44. The zero-order chi connectivity index (χ0) is 15.1. The number of fused-ring (bicyclic) bond motifs is 1. The first-order valence-electron chi connectivity index (χ1n) is 7.28. The molecule has 3 heteroatoms. The first kappa shape index (κ1) is 15.0. The van der Waals surface area contributed by atoms with Gasteiger partial charge in [-0.1, -0.05) is 39.0 Å². The predicted octanol–water partition coefficient (Wildman–Crippen LogP) is 2.94. The maximum atomic E-state index is 12.8. The summed E-state index contributed by atoms with van der Waals surface area (Å²) in [5, 5.41) is 3.35. The Balaban J connectivity index is 2.37. The van der Waals surface area contributed by atoms with E-state index in [0.717, 1.165) is 11.3 Å². The van der Waals surface area contributed by atoms with Crippen molar-refractivity contribution in [2.75, 3.05) is 18.5 Å². The molecule has 0 aromatic heterocycles. The van der Waals surface area contributed by atoms with E-state index in [-0.39, 0.29) is 17.4 Å². The van der Waals surface area contributed by atoms with Crippen molar-refractivity contribution in [3.8, 4) is 0 Å². The highest BCUT2D eigenvalue weighted by molar-refractivity contribution is 6.07. The SMILES string of the molecule is CNC(CN1C(=O)C(C)(C)c2ccccc21)C(C)(C)C. The molecule has 1 N–H and O–H groups in total. The molecule has 20 heavy (non-hydrogen) atoms. The molecule has 3 nitrogen and oxygen atoms in total. The van der Waals surface area contributed by atoms with Crippen LogP contribution in [0.15, 0.2) is 24.3 Å². The molecule has 0 spiro atoms. The van der Waals surface area contributed by atoms with Crippen LogP contribution < -0.4 is 10.2 Å². The minimum Gasteiger partial charge on any atom is -0.315 e. The lowest BCUT2D eigenvalue weighted by Gasteiger charge is -2.34. The minimum atomic E-state index is -0.424. The summed E-state index contributed by atoms with van der Waals surface area (Å²) in [4.78, 5) is 14.7. The zero-order valence-electron chi connectivity index (χ0n) is 13.4. The zero-order valence-corrected chi connectivity index (χ0v) is 13.4. The molecule has 1 aromatic rings. The normalized spacial score (nSPS) is 19.1. The van der Waals surface area contributed by atoms with Gasteiger partial charge in [-0.2, -0.15) is 0 Å². The van der Waals surface area contributed by atoms with Gasteiger partial charge in [0.2, 0.25) is 5.91 Å². The fourth-order valence-corrected chi connectivity index (χ4v) is 2.96. The average Bonchev–Trinajstić information content (AvgIpc) is 2.55. The standard InChI is InChI=1S/C17H26N2O/c1-16(2,3)14(18-6)11-19-13-10-8-7-9-12(13)17(4,5)15(19)20/h7-10,14,18H,11H2,1-6H3. The second-order valence-corrected chi connectivity index (χ2v) is 7.27. The van der Waals surface area contributed by atoms with E-state index < -0.39 is 5.41 Å². The van der Waals surface area contributed by atoms with Crippen molar-refractivity contribution in [3.63, 3.8) is 0 Å². The summed E-state index contributed by atoms with van der Waals surface area (Å²) in [6.07, 6.45) is 0. The number of anilines is 1. The minimum absolute atomic E-state index is 0.108. The van der Waals surface area contributed by atoms with Gasteiger partial charge in [0.25, 0.3) is 0 Å². The third kappa shape index (κ3) is 2.35. The molecule has 1 aliphatic rings. The van der Waals surface area contributed by atoms with Crippen molar-refractivity contribution in [3.05, 3.63) is 29.8 Å². The van der Waals surface area contributed by atoms with Gasteiger partial charge in [0, 0.05) is 18.3 Å². The van der Waals surface area contributed by atoms with Crippen molar-refractivity contribution in [1.82, 2.24) is 5.32 Å². The molecular weight excluding hydrogens is 248 g/mol. The van der Waals surface area contributed by atoms with E-state index in [1.165, 1.54) is 0 Å². The van der Waals surface area contributed by atoms with Crippen LogP contribution in [0.5, 0.6) is 0 Å². The number of carbonyl (C=O) groups is 1. The van der Waals surface area contributed by atoms with E-state index in [9.17, 15) is 4.79 Å². The molecule has 1 aromatic carbocycles. The van der Waals surface area contributed by atoms with E-state index in [4.69, 9.17) is 0 Å². The number of rotatable bonds is 3. The quantitative estimate of drug-likeness (QED) is 0.919. The first-order valence-corrected chi connectivity index (χ1v) is 7.28. The highest BCUT2D eigenvalue weighted by atomic mass is 16.2. The van der Waals surface area contributed by atoms with E-state index in [0.29, 0.717) is 6.54 Å². The van der Waals surface area contributed by atoms with Crippen LogP contribution >= 0.6 is 0 Å². The Hall–Kier alpha value is -1.35. The smallest absolute Gasteiger partial charge is 0.237 e. The van der Waals surface area contributed by atoms with Crippen LogP contribution in [0.25, 0.3) is 0 Å². The van der Waals surface area contributed by atoms with Gasteiger partial charge in [-0.15, -0.1) is 0 Å². The number of hydrogen-bond acceptors (Lipinski definition) is 2. The van der Waals surface area contributed by atoms with Crippen LogP contribution in [0.4, 0.5) is 5.69 Å². The molecule has 0 aliphatic carbocycles. The van der Waals surface area contributed by atoms with Crippen LogP contribution in [0, 0.1) is 5.41 Å². The molecule has 1 heterocycles. The molecule has 0 saturated carbocycles. The van der Waals surface area contributed by atoms with Crippen molar-refractivity contribution in [1.29, 1.82) is 0 Å². The highest BCUT2D eigenvalue weighted by Crippen LogP contribution is 2.41. The van der Waals surface area contributed by atoms with Gasteiger partial charge in [0.05, 0.1) is 5.41 Å². The maximum Gasteiger partial charge on any atom is 0.237 e. The summed E-state index contributed by atoms with van der Waals surface area (Å²) in [6.45, 7) is 11.3. The Morgan fingerprint density at radius 3 is 2.40 bits per heavy atom. The Morgan fingerprint density at radius 2 is 1.85 bits per heavy atom. The van der Waals surface area contributed by atoms with Gasteiger partial charge in [-0.3, -0.25) is 4.79 Å². The predicted molar refractivity (Wildman–Crippen MR) is 84.1 cm³/mol. The number of benzene rings is 1. The largest absolute Gasteiger partial charge is 0.315 e. The number of hydrogen-bond donors (Lipinski definition) is 1. The molecule has 1 unspecified atom stereocenters. The maximum absolute atomic E-state index is 12.8. The number of para-hydroxylation sites is 1. The fraction of sp³-hybridized carbons (Fsp3) is 0.588. The van der Waals surface area contributed by atoms with Crippen LogP contribution in [-0.4, -0.2) is 25.5 Å². The molecule has 1 atom stereocenters. The van der Waals surface area contributed by atoms with Gasteiger partial charge in [-0.25, -0.2) is 0 Å².